The molecule has 36 heavy (non-hydrogen) atoms. The first kappa shape index (κ1) is 28.6. The van der Waals surface area contributed by atoms with Crippen molar-refractivity contribution in [2.75, 3.05) is 31.5 Å². The molecule has 2 aromatic rings. The molecule has 0 unspecified atom stereocenters. The molecule has 0 radical (unpaired) electrons. The third-order valence-electron chi connectivity index (χ3n) is 5.50. The molecule has 4 amide bonds. The van der Waals surface area contributed by atoms with Gasteiger partial charge in [0.25, 0.3) is 11.8 Å². The first-order chi connectivity index (χ1) is 17.3. The number of hydrogen-bond acceptors (Lipinski definition) is 6. The summed E-state index contributed by atoms with van der Waals surface area (Å²) in [5, 5.41) is 11.1. The van der Waals surface area contributed by atoms with Crippen molar-refractivity contribution in [3.63, 3.8) is 0 Å². The highest BCUT2D eigenvalue weighted by Gasteiger charge is 2.14. The predicted octanol–water partition coefficient (Wildman–Crippen LogP) is 0.663. The molecule has 0 spiro atoms. The Kier molecular flexibility index (Phi) is 12.2. The van der Waals surface area contributed by atoms with Crippen LogP contribution in [-0.2, 0) is 23.7 Å². The number of carbonyl (C=O) groups excluding carboxylic acids is 4. The molecule has 0 saturated heterocycles. The van der Waals surface area contributed by atoms with Gasteiger partial charge in [0.15, 0.2) is 5.82 Å². The standard InChI is InChI=1S/C24H38N8O4/c1-31-15-14-27-22(31)24(36)28-12-7-8-21(34)30-18-16-19(32(2)17-18)23(35)29-13-9-20(33)26-11-6-4-3-5-10-25/h14-17H,3-13,25H2,1-2H3,(H,26,33)(H,28,36)(H,29,35)(H,30,34). The quantitative estimate of drug-likeness (QED) is 0.212. The van der Waals surface area contributed by atoms with Crippen LogP contribution in [0.25, 0.3) is 0 Å². The van der Waals surface area contributed by atoms with E-state index in [0.717, 1.165) is 25.7 Å². The van der Waals surface area contributed by atoms with Gasteiger partial charge in [-0.15, -0.1) is 0 Å². The summed E-state index contributed by atoms with van der Waals surface area (Å²) in [5.41, 5.74) is 6.32. The van der Waals surface area contributed by atoms with Crippen LogP contribution in [0.2, 0.25) is 0 Å². The average molecular weight is 503 g/mol. The van der Waals surface area contributed by atoms with Crippen molar-refractivity contribution in [2.24, 2.45) is 19.8 Å². The van der Waals surface area contributed by atoms with Crippen molar-refractivity contribution < 1.29 is 19.2 Å². The fraction of sp³-hybridized carbons (Fsp3) is 0.542. The van der Waals surface area contributed by atoms with Gasteiger partial charge in [-0.2, -0.15) is 0 Å². The molecule has 0 atom stereocenters. The van der Waals surface area contributed by atoms with E-state index in [-0.39, 0.29) is 43.0 Å². The average Bonchev–Trinajstić information content (AvgIpc) is 3.43. The van der Waals surface area contributed by atoms with Crippen LogP contribution in [0.1, 0.15) is 66.1 Å². The lowest BCUT2D eigenvalue weighted by Crippen LogP contribution is -2.31. The molecular weight excluding hydrogens is 464 g/mol. The molecule has 2 heterocycles. The molecule has 0 aliphatic rings. The van der Waals surface area contributed by atoms with Crippen molar-refractivity contribution in [1.29, 1.82) is 0 Å². The first-order valence-corrected chi connectivity index (χ1v) is 12.3. The fourth-order valence-corrected chi connectivity index (χ4v) is 3.52. The van der Waals surface area contributed by atoms with E-state index < -0.39 is 0 Å². The van der Waals surface area contributed by atoms with Crippen LogP contribution >= 0.6 is 0 Å². The van der Waals surface area contributed by atoms with E-state index in [1.54, 1.807) is 47.9 Å². The van der Waals surface area contributed by atoms with E-state index in [0.29, 0.717) is 43.3 Å². The monoisotopic (exact) mass is 502 g/mol. The molecule has 2 aromatic heterocycles. The SMILES string of the molecule is Cn1cc(NC(=O)CCCNC(=O)c2nccn2C)cc1C(=O)NCCC(=O)NCCCCCCN. The Bertz CT molecular complexity index is 1010. The lowest BCUT2D eigenvalue weighted by atomic mass is 10.2. The number of aryl methyl sites for hydroxylation is 2. The van der Waals surface area contributed by atoms with Crippen LogP contribution in [-0.4, -0.2) is 63.9 Å². The second kappa shape index (κ2) is 15.4. The molecule has 0 aliphatic heterocycles. The minimum atomic E-state index is -0.329. The van der Waals surface area contributed by atoms with Crippen LogP contribution in [0.15, 0.2) is 24.7 Å². The summed E-state index contributed by atoms with van der Waals surface area (Å²) < 4.78 is 3.23. The van der Waals surface area contributed by atoms with E-state index in [4.69, 9.17) is 5.73 Å². The normalized spacial score (nSPS) is 10.6. The molecule has 12 heteroatoms. The zero-order valence-electron chi connectivity index (χ0n) is 21.1. The van der Waals surface area contributed by atoms with Gasteiger partial charge >= 0.3 is 0 Å². The summed E-state index contributed by atoms with van der Waals surface area (Å²) >= 11 is 0. The van der Waals surface area contributed by atoms with Gasteiger partial charge in [-0.3, -0.25) is 19.2 Å². The van der Waals surface area contributed by atoms with Gasteiger partial charge in [0, 0.05) is 65.2 Å². The Balaban J connectivity index is 1.64. The maximum Gasteiger partial charge on any atom is 0.287 e. The van der Waals surface area contributed by atoms with Crippen molar-refractivity contribution in [3.8, 4) is 0 Å². The van der Waals surface area contributed by atoms with E-state index >= 15 is 0 Å². The number of nitrogens with zero attached hydrogens (tertiary/aromatic N) is 3. The number of imidazole rings is 1. The zero-order chi connectivity index (χ0) is 26.3. The van der Waals surface area contributed by atoms with Crippen molar-refractivity contribution in [1.82, 2.24) is 30.1 Å². The number of amides is 4. The molecule has 12 nitrogen and oxygen atoms in total. The number of aromatic nitrogens is 3. The summed E-state index contributed by atoms with van der Waals surface area (Å²) in [5.74, 6) is -0.644. The Hall–Kier alpha value is -3.67. The maximum absolute atomic E-state index is 12.5. The summed E-state index contributed by atoms with van der Waals surface area (Å²) in [4.78, 5) is 52.6. The zero-order valence-corrected chi connectivity index (χ0v) is 21.1. The predicted molar refractivity (Wildman–Crippen MR) is 136 cm³/mol. The van der Waals surface area contributed by atoms with Crippen LogP contribution in [0.5, 0.6) is 0 Å². The summed E-state index contributed by atoms with van der Waals surface area (Å²) in [6, 6.07) is 1.58. The molecule has 0 saturated carbocycles. The highest BCUT2D eigenvalue weighted by molar-refractivity contribution is 5.96. The molecular formula is C24H38N8O4. The number of anilines is 1. The molecule has 0 aromatic carbocycles. The van der Waals surface area contributed by atoms with Crippen molar-refractivity contribution in [3.05, 3.63) is 36.2 Å². The summed E-state index contributed by atoms with van der Waals surface area (Å²) in [6.45, 7) is 1.86. The van der Waals surface area contributed by atoms with E-state index in [1.807, 2.05) is 0 Å². The van der Waals surface area contributed by atoms with Crippen LogP contribution < -0.4 is 27.0 Å². The Labute approximate surface area is 211 Å². The van der Waals surface area contributed by atoms with E-state index in [9.17, 15) is 19.2 Å². The second-order valence-electron chi connectivity index (χ2n) is 8.55. The minimum Gasteiger partial charge on any atom is -0.356 e. The van der Waals surface area contributed by atoms with E-state index in [2.05, 4.69) is 26.3 Å². The van der Waals surface area contributed by atoms with Crippen LogP contribution in [0.4, 0.5) is 5.69 Å². The largest absolute Gasteiger partial charge is 0.356 e. The van der Waals surface area contributed by atoms with Crippen molar-refractivity contribution >= 4 is 29.3 Å². The van der Waals surface area contributed by atoms with Gasteiger partial charge in [-0.05, 0) is 31.9 Å². The Morgan fingerprint density at radius 2 is 1.56 bits per heavy atom. The lowest BCUT2D eigenvalue weighted by Gasteiger charge is -2.07. The highest BCUT2D eigenvalue weighted by atomic mass is 16.2. The number of carbonyl (C=O) groups is 4. The summed E-state index contributed by atoms with van der Waals surface area (Å²) in [6.07, 6.45) is 9.73. The third-order valence-corrected chi connectivity index (χ3v) is 5.50. The summed E-state index contributed by atoms with van der Waals surface area (Å²) in [7, 11) is 3.43. The topological polar surface area (TPSA) is 165 Å². The lowest BCUT2D eigenvalue weighted by molar-refractivity contribution is -0.121. The second-order valence-corrected chi connectivity index (χ2v) is 8.55. The van der Waals surface area contributed by atoms with Gasteiger partial charge in [-0.25, -0.2) is 4.98 Å². The maximum atomic E-state index is 12.5. The molecule has 198 valence electrons. The first-order valence-electron chi connectivity index (χ1n) is 12.3. The molecule has 2 rings (SSSR count). The number of nitrogens with one attached hydrogen (secondary N) is 4. The number of hydrogen-bond donors (Lipinski definition) is 5. The number of rotatable bonds is 16. The number of unbranched alkanes of at least 4 members (excludes halogenated alkanes) is 3. The number of nitrogens with two attached hydrogens (primary N) is 1. The molecule has 0 aliphatic carbocycles. The third kappa shape index (κ3) is 9.90. The fourth-order valence-electron chi connectivity index (χ4n) is 3.52. The van der Waals surface area contributed by atoms with Gasteiger partial charge in [-0.1, -0.05) is 12.8 Å². The Morgan fingerprint density at radius 3 is 2.28 bits per heavy atom. The van der Waals surface area contributed by atoms with Gasteiger partial charge in [0.2, 0.25) is 11.8 Å². The van der Waals surface area contributed by atoms with Crippen LogP contribution in [0.3, 0.4) is 0 Å². The smallest absolute Gasteiger partial charge is 0.287 e. The molecule has 0 fully saturated rings. The van der Waals surface area contributed by atoms with Gasteiger partial charge in [0.05, 0.1) is 5.69 Å². The minimum absolute atomic E-state index is 0.106. The van der Waals surface area contributed by atoms with Gasteiger partial charge in [0.1, 0.15) is 5.69 Å². The van der Waals surface area contributed by atoms with Crippen molar-refractivity contribution in [2.45, 2.75) is 44.9 Å². The highest BCUT2D eigenvalue weighted by Crippen LogP contribution is 2.13. The van der Waals surface area contributed by atoms with Gasteiger partial charge < -0.3 is 36.1 Å². The Morgan fingerprint density at radius 1 is 0.833 bits per heavy atom. The molecule has 0 bridgehead atoms. The molecule has 6 N–H and O–H groups in total. The van der Waals surface area contributed by atoms with E-state index in [1.165, 1.54) is 0 Å². The van der Waals surface area contributed by atoms with Crippen LogP contribution in [0, 0.1) is 0 Å².